The zero-order chi connectivity index (χ0) is 29.6. The number of nitriles is 1. The largest absolute Gasteiger partial charge is 0.460 e. The summed E-state index contributed by atoms with van der Waals surface area (Å²) in [6.07, 6.45) is 8.30. The number of pyridine rings is 1. The second-order valence-corrected chi connectivity index (χ2v) is 12.9. The molecular formula is C32H38N6O4. The standard InChI is InChI=1S/C32H38N6O4/c1-32(2,3)42-31(41)19-8-11-23(12-9-19)37-18-21-16-22(10-13-24(21)30(37)40)35-28-27-26(14-15-34-29(27)39)38(36-28)25-7-5-4-6-20(25)17-33/h10,13-16,19-20,23,25H,4-9,11-12,18H2,1-3H3,(H,34,39)(H,35,36)/t19-,20-,23-,25+/m1/s1. The van der Waals surface area contributed by atoms with Crippen molar-refractivity contribution in [3.05, 3.63) is 51.9 Å². The van der Waals surface area contributed by atoms with Crippen LogP contribution in [-0.2, 0) is 16.1 Å². The van der Waals surface area contributed by atoms with Gasteiger partial charge >= 0.3 is 5.97 Å². The zero-order valence-electron chi connectivity index (χ0n) is 24.5. The van der Waals surface area contributed by atoms with Crippen LogP contribution in [0.15, 0.2) is 35.3 Å². The van der Waals surface area contributed by atoms with Crippen molar-refractivity contribution in [3.8, 4) is 6.07 Å². The lowest BCUT2D eigenvalue weighted by molar-refractivity contribution is -0.161. The van der Waals surface area contributed by atoms with Crippen LogP contribution in [0.25, 0.3) is 10.9 Å². The summed E-state index contributed by atoms with van der Waals surface area (Å²) in [5, 5.41) is 18.4. The molecule has 42 heavy (non-hydrogen) atoms. The van der Waals surface area contributed by atoms with Gasteiger partial charge in [0.05, 0.1) is 29.5 Å². The van der Waals surface area contributed by atoms with E-state index in [2.05, 4.69) is 16.4 Å². The van der Waals surface area contributed by atoms with Crippen LogP contribution < -0.4 is 10.9 Å². The highest BCUT2D eigenvalue weighted by atomic mass is 16.6. The molecule has 2 fully saturated rings. The molecule has 2 atom stereocenters. The molecule has 1 amide bonds. The maximum atomic E-state index is 13.4. The van der Waals surface area contributed by atoms with Crippen molar-refractivity contribution in [2.75, 3.05) is 5.32 Å². The highest BCUT2D eigenvalue weighted by Gasteiger charge is 2.37. The number of H-pyrrole nitrogens is 1. The summed E-state index contributed by atoms with van der Waals surface area (Å²) < 4.78 is 7.44. The van der Waals surface area contributed by atoms with E-state index in [0.29, 0.717) is 41.7 Å². The Kier molecular flexibility index (Phi) is 7.29. The summed E-state index contributed by atoms with van der Waals surface area (Å²) >= 11 is 0. The molecule has 6 rings (SSSR count). The molecule has 10 nitrogen and oxygen atoms in total. The minimum Gasteiger partial charge on any atom is -0.460 e. The van der Waals surface area contributed by atoms with Crippen LogP contribution in [0.1, 0.15) is 94.1 Å². The quantitative estimate of drug-likeness (QED) is 0.383. The van der Waals surface area contributed by atoms with E-state index in [-0.39, 0.29) is 41.4 Å². The maximum Gasteiger partial charge on any atom is 0.309 e. The van der Waals surface area contributed by atoms with Crippen LogP contribution in [0, 0.1) is 23.2 Å². The van der Waals surface area contributed by atoms with Crippen molar-refractivity contribution in [1.82, 2.24) is 19.7 Å². The fourth-order valence-electron chi connectivity index (χ4n) is 6.86. The van der Waals surface area contributed by atoms with Crippen molar-refractivity contribution >= 4 is 34.3 Å². The van der Waals surface area contributed by atoms with Crippen molar-refractivity contribution < 1.29 is 14.3 Å². The third-order valence-electron chi connectivity index (χ3n) is 8.92. The maximum absolute atomic E-state index is 13.4. The molecule has 0 radical (unpaired) electrons. The highest BCUT2D eigenvalue weighted by Crippen LogP contribution is 2.38. The van der Waals surface area contributed by atoms with Crippen LogP contribution in [0.3, 0.4) is 0 Å². The van der Waals surface area contributed by atoms with Crippen molar-refractivity contribution in [2.45, 2.75) is 96.4 Å². The van der Waals surface area contributed by atoms with Crippen molar-refractivity contribution in [2.24, 2.45) is 11.8 Å². The van der Waals surface area contributed by atoms with E-state index in [1.807, 2.05) is 54.6 Å². The van der Waals surface area contributed by atoms with Gasteiger partial charge in [-0.2, -0.15) is 10.4 Å². The number of rotatable bonds is 5. The normalized spacial score (nSPS) is 24.3. The van der Waals surface area contributed by atoms with Crippen molar-refractivity contribution in [1.29, 1.82) is 5.26 Å². The Balaban J connectivity index is 1.19. The van der Waals surface area contributed by atoms with Crippen LogP contribution in [0.5, 0.6) is 0 Å². The van der Waals surface area contributed by atoms with E-state index in [9.17, 15) is 19.6 Å². The predicted molar refractivity (Wildman–Crippen MR) is 158 cm³/mol. The fraction of sp³-hybridized carbons (Fsp3) is 0.531. The molecule has 3 heterocycles. The van der Waals surface area contributed by atoms with E-state index in [0.717, 1.165) is 49.8 Å². The van der Waals surface area contributed by atoms with Gasteiger partial charge in [-0.25, -0.2) is 0 Å². The summed E-state index contributed by atoms with van der Waals surface area (Å²) in [6.45, 7) is 6.15. The monoisotopic (exact) mass is 570 g/mol. The van der Waals surface area contributed by atoms with Gasteiger partial charge in [0.25, 0.3) is 11.5 Å². The molecule has 2 aromatic heterocycles. The number of aromatic amines is 1. The molecule has 3 aliphatic rings. The van der Waals surface area contributed by atoms with Gasteiger partial charge in [-0.15, -0.1) is 0 Å². The first kappa shape index (κ1) is 28.0. The summed E-state index contributed by atoms with van der Waals surface area (Å²) in [4.78, 5) is 43.5. The van der Waals surface area contributed by atoms with E-state index in [4.69, 9.17) is 9.84 Å². The van der Waals surface area contributed by atoms with Crippen LogP contribution >= 0.6 is 0 Å². The first-order valence-corrected chi connectivity index (χ1v) is 15.1. The third kappa shape index (κ3) is 5.28. The molecule has 2 saturated carbocycles. The molecule has 220 valence electrons. The lowest BCUT2D eigenvalue weighted by Crippen LogP contribution is -2.40. The van der Waals surface area contributed by atoms with Crippen LogP contribution in [0.4, 0.5) is 11.5 Å². The number of ether oxygens (including phenoxy) is 1. The molecule has 3 aromatic rings. The smallest absolute Gasteiger partial charge is 0.309 e. The Labute approximate surface area is 245 Å². The summed E-state index contributed by atoms with van der Waals surface area (Å²) in [5.41, 5.74) is 2.31. The molecule has 1 aliphatic heterocycles. The number of benzene rings is 1. The van der Waals surface area contributed by atoms with Gasteiger partial charge in [0.15, 0.2) is 5.82 Å². The van der Waals surface area contributed by atoms with Gasteiger partial charge in [0.2, 0.25) is 0 Å². The molecule has 0 unspecified atom stereocenters. The van der Waals surface area contributed by atoms with Gasteiger partial charge in [0.1, 0.15) is 11.0 Å². The Bertz CT molecular complexity index is 1620. The topological polar surface area (TPSA) is 133 Å². The number of fused-ring (bicyclic) bond motifs is 2. The van der Waals surface area contributed by atoms with E-state index in [1.54, 1.807) is 6.20 Å². The number of carbonyl (C=O) groups is 2. The number of aromatic nitrogens is 3. The summed E-state index contributed by atoms with van der Waals surface area (Å²) in [7, 11) is 0. The molecule has 2 aliphatic carbocycles. The first-order chi connectivity index (χ1) is 20.1. The number of carbonyl (C=O) groups excluding carboxylic acids is 2. The number of hydrogen-bond donors (Lipinski definition) is 2. The minimum absolute atomic E-state index is 0.0169. The first-order valence-electron chi connectivity index (χ1n) is 15.1. The van der Waals surface area contributed by atoms with E-state index >= 15 is 0 Å². The summed E-state index contributed by atoms with van der Waals surface area (Å²) in [5.74, 6) is 0.0449. The van der Waals surface area contributed by atoms with Gasteiger partial charge in [-0.1, -0.05) is 12.8 Å². The SMILES string of the molecule is CC(C)(C)OC(=O)[C@H]1CC[C@H](N2Cc3cc(Nc4nn([C@H]5CCCC[C@@H]5C#N)c5cc[nH]c(=O)c45)ccc3C2=O)CC1. The number of esters is 1. The minimum atomic E-state index is -0.501. The van der Waals surface area contributed by atoms with Gasteiger partial charge in [-0.3, -0.25) is 19.1 Å². The number of anilines is 2. The third-order valence-corrected chi connectivity index (χ3v) is 8.92. The average Bonchev–Trinajstić information content (AvgIpc) is 3.50. The van der Waals surface area contributed by atoms with E-state index < -0.39 is 5.60 Å². The lowest BCUT2D eigenvalue weighted by atomic mass is 9.85. The Morgan fingerprint density at radius 1 is 1.10 bits per heavy atom. The van der Waals surface area contributed by atoms with Gasteiger partial charge in [0, 0.05) is 30.0 Å². The van der Waals surface area contributed by atoms with Gasteiger partial charge < -0.3 is 19.9 Å². The Hall–Kier alpha value is -4.13. The fourth-order valence-corrected chi connectivity index (χ4v) is 6.86. The van der Waals surface area contributed by atoms with Crippen LogP contribution in [0.2, 0.25) is 0 Å². The zero-order valence-corrected chi connectivity index (χ0v) is 24.5. The summed E-state index contributed by atoms with van der Waals surface area (Å²) in [6, 6.07) is 9.93. The molecular weight excluding hydrogens is 532 g/mol. The van der Waals surface area contributed by atoms with Gasteiger partial charge in [-0.05, 0) is 89.1 Å². The van der Waals surface area contributed by atoms with Crippen LogP contribution in [-0.4, -0.2) is 43.2 Å². The molecule has 0 spiro atoms. The predicted octanol–water partition coefficient (Wildman–Crippen LogP) is 5.58. The molecule has 1 aromatic carbocycles. The number of nitrogens with zero attached hydrogens (tertiary/aromatic N) is 4. The Morgan fingerprint density at radius 2 is 1.86 bits per heavy atom. The van der Waals surface area contributed by atoms with E-state index in [1.165, 1.54) is 0 Å². The van der Waals surface area contributed by atoms with Crippen molar-refractivity contribution in [3.63, 3.8) is 0 Å². The lowest BCUT2D eigenvalue weighted by Gasteiger charge is -2.34. The number of amides is 1. The average molecular weight is 571 g/mol. The molecule has 0 saturated heterocycles. The Morgan fingerprint density at radius 3 is 2.60 bits per heavy atom. The molecule has 0 bridgehead atoms. The number of hydrogen-bond acceptors (Lipinski definition) is 7. The second-order valence-electron chi connectivity index (χ2n) is 12.9. The molecule has 2 N–H and O–H groups in total. The second kappa shape index (κ2) is 10.9. The highest BCUT2D eigenvalue weighted by molar-refractivity contribution is 5.99. The molecule has 10 heteroatoms. The number of nitrogens with one attached hydrogen (secondary N) is 2.